The summed E-state index contributed by atoms with van der Waals surface area (Å²) in [5, 5.41) is 4.99. The van der Waals surface area contributed by atoms with Crippen molar-refractivity contribution in [3.05, 3.63) is 52.2 Å². The standard InChI is InChI=1S/C19H21FN4OS/c20-13-6-7-15-16(10-13)23-19(22-15)17-5-1-2-8-24(17)12-18(25)21-11-14-4-3-9-26-14/h3-4,6-7,9-10,17H,1-2,5,8,11-12H2,(H,21,25)(H,22,23)/t17-/m1/s1. The lowest BCUT2D eigenvalue weighted by Crippen LogP contribution is -2.41. The third-order valence-corrected chi connectivity index (χ3v) is 5.65. The van der Waals surface area contributed by atoms with E-state index in [0.717, 1.165) is 42.0 Å². The van der Waals surface area contributed by atoms with Crippen LogP contribution < -0.4 is 5.32 Å². The van der Waals surface area contributed by atoms with Gasteiger partial charge in [0.1, 0.15) is 11.6 Å². The van der Waals surface area contributed by atoms with Crippen molar-refractivity contribution in [1.29, 1.82) is 0 Å². The molecule has 0 aliphatic carbocycles. The minimum atomic E-state index is -0.277. The number of aromatic amines is 1. The molecule has 5 nitrogen and oxygen atoms in total. The maximum absolute atomic E-state index is 13.4. The first-order valence-electron chi connectivity index (χ1n) is 8.87. The highest BCUT2D eigenvalue weighted by Crippen LogP contribution is 2.30. The van der Waals surface area contributed by atoms with Crippen molar-refractivity contribution in [1.82, 2.24) is 20.2 Å². The molecule has 0 unspecified atom stereocenters. The summed E-state index contributed by atoms with van der Waals surface area (Å²) < 4.78 is 13.4. The minimum Gasteiger partial charge on any atom is -0.350 e. The molecule has 1 fully saturated rings. The summed E-state index contributed by atoms with van der Waals surface area (Å²) in [7, 11) is 0. The lowest BCUT2D eigenvalue weighted by Gasteiger charge is -2.33. The van der Waals surface area contributed by atoms with Gasteiger partial charge in [0, 0.05) is 4.88 Å². The highest BCUT2D eigenvalue weighted by Gasteiger charge is 2.28. The number of piperidine rings is 1. The quantitative estimate of drug-likeness (QED) is 0.719. The molecular weight excluding hydrogens is 351 g/mol. The summed E-state index contributed by atoms with van der Waals surface area (Å²) in [4.78, 5) is 23.6. The number of nitrogens with one attached hydrogen (secondary N) is 2. The van der Waals surface area contributed by atoms with Crippen molar-refractivity contribution in [3.63, 3.8) is 0 Å². The van der Waals surface area contributed by atoms with E-state index in [2.05, 4.69) is 20.2 Å². The maximum Gasteiger partial charge on any atom is 0.234 e. The van der Waals surface area contributed by atoms with Crippen LogP contribution in [0.15, 0.2) is 35.7 Å². The predicted molar refractivity (Wildman–Crippen MR) is 100 cm³/mol. The number of halogens is 1. The highest BCUT2D eigenvalue weighted by molar-refractivity contribution is 7.09. The van der Waals surface area contributed by atoms with E-state index in [1.54, 1.807) is 17.4 Å². The Hall–Kier alpha value is -2.25. The van der Waals surface area contributed by atoms with Crippen molar-refractivity contribution in [2.24, 2.45) is 0 Å². The Morgan fingerprint density at radius 3 is 3.15 bits per heavy atom. The highest BCUT2D eigenvalue weighted by atomic mass is 32.1. The normalized spacial score (nSPS) is 18.3. The third kappa shape index (κ3) is 3.78. The molecule has 2 N–H and O–H groups in total. The first-order chi connectivity index (χ1) is 12.7. The molecule has 0 spiro atoms. The molecule has 0 saturated carbocycles. The van der Waals surface area contributed by atoms with Gasteiger partial charge in [-0.05, 0) is 49.0 Å². The molecule has 3 aromatic rings. The Labute approximate surface area is 155 Å². The van der Waals surface area contributed by atoms with Gasteiger partial charge >= 0.3 is 0 Å². The van der Waals surface area contributed by atoms with Crippen LogP contribution in [-0.4, -0.2) is 33.9 Å². The molecule has 0 bridgehead atoms. The van der Waals surface area contributed by atoms with Crippen molar-refractivity contribution in [3.8, 4) is 0 Å². The average molecular weight is 372 g/mol. The first-order valence-corrected chi connectivity index (χ1v) is 9.75. The zero-order valence-corrected chi connectivity index (χ0v) is 15.2. The van der Waals surface area contributed by atoms with Crippen LogP contribution in [0.5, 0.6) is 0 Å². The maximum atomic E-state index is 13.4. The summed E-state index contributed by atoms with van der Waals surface area (Å²) >= 11 is 1.64. The fraction of sp³-hybridized carbons (Fsp3) is 0.368. The predicted octanol–water partition coefficient (Wildman–Crippen LogP) is 3.61. The molecular formula is C19H21FN4OS. The fourth-order valence-electron chi connectivity index (χ4n) is 3.49. The number of rotatable bonds is 5. The summed E-state index contributed by atoms with van der Waals surface area (Å²) in [5.41, 5.74) is 1.46. The number of hydrogen-bond acceptors (Lipinski definition) is 4. The van der Waals surface area contributed by atoms with Gasteiger partial charge in [-0.25, -0.2) is 9.37 Å². The van der Waals surface area contributed by atoms with Gasteiger partial charge < -0.3 is 10.3 Å². The van der Waals surface area contributed by atoms with Crippen LogP contribution in [0.2, 0.25) is 0 Å². The number of benzene rings is 1. The molecule has 1 amide bonds. The number of imidazole rings is 1. The van der Waals surface area contributed by atoms with Crippen LogP contribution in [0.25, 0.3) is 11.0 Å². The first kappa shape index (κ1) is 17.2. The average Bonchev–Trinajstić information content (AvgIpc) is 3.29. The molecule has 4 rings (SSSR count). The van der Waals surface area contributed by atoms with Crippen LogP contribution in [0.3, 0.4) is 0 Å². The van der Waals surface area contributed by atoms with E-state index in [-0.39, 0.29) is 17.8 Å². The van der Waals surface area contributed by atoms with Gasteiger partial charge in [0.15, 0.2) is 0 Å². The Bertz CT molecular complexity index is 892. The van der Waals surface area contributed by atoms with Crippen molar-refractivity contribution in [2.75, 3.05) is 13.1 Å². The number of carbonyl (C=O) groups is 1. The van der Waals surface area contributed by atoms with Crippen LogP contribution in [0, 0.1) is 5.82 Å². The number of nitrogens with zero attached hydrogens (tertiary/aromatic N) is 2. The molecule has 3 heterocycles. The van der Waals surface area contributed by atoms with Crippen molar-refractivity contribution in [2.45, 2.75) is 31.8 Å². The van der Waals surface area contributed by atoms with Gasteiger partial charge in [-0.2, -0.15) is 0 Å². The van der Waals surface area contributed by atoms with E-state index in [1.807, 2.05) is 17.5 Å². The Kier molecular flexibility index (Phi) is 4.99. The number of likely N-dealkylation sites (tertiary alicyclic amines) is 1. The second-order valence-electron chi connectivity index (χ2n) is 6.62. The van der Waals surface area contributed by atoms with Crippen LogP contribution >= 0.6 is 11.3 Å². The van der Waals surface area contributed by atoms with Gasteiger partial charge in [0.25, 0.3) is 0 Å². The van der Waals surface area contributed by atoms with E-state index < -0.39 is 0 Å². The lowest BCUT2D eigenvalue weighted by molar-refractivity contribution is -0.123. The summed E-state index contributed by atoms with van der Waals surface area (Å²) in [6.07, 6.45) is 3.12. The van der Waals surface area contributed by atoms with E-state index in [9.17, 15) is 9.18 Å². The Morgan fingerprint density at radius 1 is 1.38 bits per heavy atom. The van der Waals surface area contributed by atoms with Gasteiger partial charge in [-0.1, -0.05) is 12.5 Å². The molecule has 1 atom stereocenters. The molecule has 7 heteroatoms. The Balaban J connectivity index is 1.45. The molecule has 2 aromatic heterocycles. The third-order valence-electron chi connectivity index (χ3n) is 4.78. The monoisotopic (exact) mass is 372 g/mol. The van der Waals surface area contributed by atoms with E-state index in [1.165, 1.54) is 12.1 Å². The molecule has 1 aliphatic heterocycles. The molecule has 26 heavy (non-hydrogen) atoms. The largest absolute Gasteiger partial charge is 0.350 e. The number of H-pyrrole nitrogens is 1. The van der Waals surface area contributed by atoms with E-state index >= 15 is 0 Å². The fourth-order valence-corrected chi connectivity index (χ4v) is 4.13. The molecule has 136 valence electrons. The number of fused-ring (bicyclic) bond motifs is 1. The number of aromatic nitrogens is 2. The number of hydrogen-bond donors (Lipinski definition) is 2. The molecule has 1 aromatic carbocycles. The van der Waals surface area contributed by atoms with Crippen LogP contribution in [0.1, 0.15) is 36.0 Å². The van der Waals surface area contributed by atoms with Crippen molar-refractivity contribution < 1.29 is 9.18 Å². The topological polar surface area (TPSA) is 61.0 Å². The Morgan fingerprint density at radius 2 is 2.31 bits per heavy atom. The SMILES string of the molecule is O=C(CN1CCCC[C@@H]1c1nc2ccc(F)cc2[nH]1)NCc1cccs1. The summed E-state index contributed by atoms with van der Waals surface area (Å²) in [6, 6.07) is 8.63. The molecule has 1 aliphatic rings. The van der Waals surface area contributed by atoms with E-state index in [4.69, 9.17) is 0 Å². The smallest absolute Gasteiger partial charge is 0.234 e. The van der Waals surface area contributed by atoms with E-state index in [0.29, 0.717) is 18.6 Å². The number of thiophene rings is 1. The van der Waals surface area contributed by atoms with Crippen LogP contribution in [0.4, 0.5) is 4.39 Å². The second kappa shape index (κ2) is 7.55. The lowest BCUT2D eigenvalue weighted by atomic mass is 10.0. The van der Waals surface area contributed by atoms with Gasteiger partial charge in [0.2, 0.25) is 5.91 Å². The van der Waals surface area contributed by atoms with Gasteiger partial charge in [0.05, 0.1) is 30.2 Å². The van der Waals surface area contributed by atoms with Crippen LogP contribution in [-0.2, 0) is 11.3 Å². The molecule has 0 radical (unpaired) electrons. The van der Waals surface area contributed by atoms with Gasteiger partial charge in [-0.15, -0.1) is 11.3 Å². The van der Waals surface area contributed by atoms with Gasteiger partial charge in [-0.3, -0.25) is 9.69 Å². The summed E-state index contributed by atoms with van der Waals surface area (Å²) in [5.74, 6) is 0.560. The molecule has 1 saturated heterocycles. The van der Waals surface area contributed by atoms with Crippen molar-refractivity contribution >= 4 is 28.3 Å². The minimum absolute atomic E-state index is 0.0208. The summed E-state index contributed by atoms with van der Waals surface area (Å²) in [6.45, 7) is 1.78. The second-order valence-corrected chi connectivity index (χ2v) is 7.65. The zero-order chi connectivity index (χ0) is 17.9. The number of amides is 1. The number of carbonyl (C=O) groups excluding carboxylic acids is 1. The zero-order valence-electron chi connectivity index (χ0n) is 14.4.